The van der Waals surface area contributed by atoms with Gasteiger partial charge in [0.2, 0.25) is 0 Å². The Labute approximate surface area is 161 Å². The van der Waals surface area contributed by atoms with E-state index in [0.29, 0.717) is 24.2 Å². The molecule has 27 heavy (non-hydrogen) atoms. The monoisotopic (exact) mass is 372 g/mol. The number of aliphatic hydroxyl groups excluding tert-OH is 1. The smallest absolute Gasteiger partial charge is 0.331 e. The standard InChI is InChI=1S/C23H32O4/c1-21-7-4-16(24)12-15(21)3-9-23-10-5-17(14-11-19(25)27-13-14)22(2,20(23)26)8-6-18(21)23/h11,15-18,24H,3-10,12-13H2,1-2H3/t15-,16+,17-,18-,21+,22-,23-/m1/s1. The van der Waals surface area contributed by atoms with Gasteiger partial charge in [0.05, 0.1) is 6.10 Å². The summed E-state index contributed by atoms with van der Waals surface area (Å²) in [4.78, 5) is 25.6. The lowest BCUT2D eigenvalue weighted by atomic mass is 9.37. The van der Waals surface area contributed by atoms with Crippen LogP contribution in [0.1, 0.15) is 71.6 Å². The van der Waals surface area contributed by atoms with Gasteiger partial charge >= 0.3 is 5.97 Å². The molecule has 0 aromatic rings. The molecular formula is C23H32O4. The summed E-state index contributed by atoms with van der Waals surface area (Å²) in [6, 6.07) is 0. The first-order chi connectivity index (χ1) is 12.8. The second kappa shape index (κ2) is 5.68. The summed E-state index contributed by atoms with van der Waals surface area (Å²) < 4.78 is 5.17. The predicted octanol–water partition coefficient (Wildman–Crippen LogP) is 3.81. The SMILES string of the molecule is C[C@]12CC[C@H](O)C[C@H]1CC[C@@]13CC[C@H](C4=CC(=O)OC4)[C@@](C)(CC[C@@H]12)C3=O. The molecule has 0 aromatic carbocycles. The van der Waals surface area contributed by atoms with Gasteiger partial charge in [-0.05, 0) is 86.5 Å². The van der Waals surface area contributed by atoms with Gasteiger partial charge in [0.25, 0.3) is 0 Å². The van der Waals surface area contributed by atoms with Gasteiger partial charge in [0.15, 0.2) is 0 Å². The van der Waals surface area contributed by atoms with Crippen LogP contribution in [0.5, 0.6) is 0 Å². The molecule has 2 bridgehead atoms. The third-order valence-corrected chi connectivity index (χ3v) is 9.61. The zero-order valence-electron chi connectivity index (χ0n) is 16.6. The molecule has 0 unspecified atom stereocenters. The van der Waals surface area contributed by atoms with Gasteiger partial charge in [0.1, 0.15) is 12.4 Å². The van der Waals surface area contributed by atoms with Crippen LogP contribution in [0, 0.1) is 34.0 Å². The van der Waals surface area contributed by atoms with Gasteiger partial charge in [-0.2, -0.15) is 0 Å². The molecule has 1 N–H and O–H groups in total. The van der Waals surface area contributed by atoms with E-state index >= 15 is 0 Å². The average Bonchev–Trinajstić information content (AvgIpc) is 3.04. The molecule has 4 fully saturated rings. The first-order valence-corrected chi connectivity index (χ1v) is 10.9. The van der Waals surface area contributed by atoms with E-state index in [9.17, 15) is 14.7 Å². The third kappa shape index (κ3) is 2.25. The van der Waals surface area contributed by atoms with Crippen molar-refractivity contribution in [2.75, 3.05) is 6.61 Å². The van der Waals surface area contributed by atoms with E-state index in [4.69, 9.17) is 4.74 Å². The Morgan fingerprint density at radius 1 is 1.04 bits per heavy atom. The number of carbonyl (C=O) groups excluding carboxylic acids is 2. The summed E-state index contributed by atoms with van der Waals surface area (Å²) in [6.45, 7) is 4.96. The van der Waals surface area contributed by atoms with E-state index in [0.717, 1.165) is 63.4 Å². The maximum absolute atomic E-state index is 14.0. The molecule has 1 heterocycles. The highest BCUT2D eigenvalue weighted by Crippen LogP contribution is 2.70. The first-order valence-electron chi connectivity index (χ1n) is 10.9. The Bertz CT molecular complexity index is 726. The molecule has 0 aromatic heterocycles. The molecular weight excluding hydrogens is 340 g/mol. The number of rotatable bonds is 1. The quantitative estimate of drug-likeness (QED) is 0.711. The highest BCUT2D eigenvalue weighted by molar-refractivity contribution is 5.93. The van der Waals surface area contributed by atoms with Crippen molar-refractivity contribution < 1.29 is 19.4 Å². The van der Waals surface area contributed by atoms with E-state index in [1.807, 2.05) is 0 Å². The highest BCUT2D eigenvalue weighted by Gasteiger charge is 2.67. The molecule has 5 aliphatic rings. The maximum atomic E-state index is 14.0. The van der Waals surface area contributed by atoms with Crippen molar-refractivity contribution >= 4 is 11.8 Å². The summed E-state index contributed by atoms with van der Waals surface area (Å²) in [7, 11) is 0. The lowest BCUT2D eigenvalue weighted by Crippen LogP contribution is -2.64. The van der Waals surface area contributed by atoms with Crippen LogP contribution in [-0.4, -0.2) is 29.6 Å². The van der Waals surface area contributed by atoms with Crippen molar-refractivity contribution in [2.45, 2.75) is 77.7 Å². The van der Waals surface area contributed by atoms with Crippen LogP contribution < -0.4 is 0 Å². The van der Waals surface area contributed by atoms with Crippen LogP contribution >= 0.6 is 0 Å². The number of ketones is 1. The third-order valence-electron chi connectivity index (χ3n) is 9.61. The van der Waals surface area contributed by atoms with Gasteiger partial charge in [0, 0.05) is 16.9 Å². The minimum Gasteiger partial charge on any atom is -0.458 e. The molecule has 4 heteroatoms. The number of esters is 1. The fourth-order valence-electron chi connectivity index (χ4n) is 8.20. The predicted molar refractivity (Wildman–Crippen MR) is 101 cm³/mol. The topological polar surface area (TPSA) is 63.6 Å². The van der Waals surface area contributed by atoms with Gasteiger partial charge in [-0.15, -0.1) is 0 Å². The normalized spacial score (nSPS) is 51.9. The fraction of sp³-hybridized carbons (Fsp3) is 0.826. The van der Waals surface area contributed by atoms with Crippen LogP contribution in [0.4, 0.5) is 0 Å². The number of hydrogen-bond acceptors (Lipinski definition) is 4. The molecule has 5 rings (SSSR count). The summed E-state index contributed by atoms with van der Waals surface area (Å²) in [6.07, 6.45) is 10.5. The first kappa shape index (κ1) is 17.9. The number of Topliss-reactive ketones (excluding diaryl/α,β-unsaturated/α-hetero) is 1. The van der Waals surface area contributed by atoms with E-state index in [1.165, 1.54) is 0 Å². The highest BCUT2D eigenvalue weighted by atomic mass is 16.5. The second-order valence-corrected chi connectivity index (χ2v) is 10.6. The van der Waals surface area contributed by atoms with Crippen molar-refractivity contribution in [3.05, 3.63) is 11.6 Å². The summed E-state index contributed by atoms with van der Waals surface area (Å²) in [5.41, 5.74) is 0.741. The number of ether oxygens (including phenoxy) is 1. The van der Waals surface area contributed by atoms with Gasteiger partial charge in [-0.3, -0.25) is 4.79 Å². The van der Waals surface area contributed by atoms with Crippen LogP contribution in [0.15, 0.2) is 11.6 Å². The summed E-state index contributed by atoms with van der Waals surface area (Å²) in [5, 5.41) is 10.2. The van der Waals surface area contributed by atoms with Crippen LogP contribution in [0.2, 0.25) is 0 Å². The zero-order chi connectivity index (χ0) is 19.0. The second-order valence-electron chi connectivity index (χ2n) is 10.6. The number of carbonyl (C=O) groups is 2. The Hall–Kier alpha value is -1.16. The molecule has 0 radical (unpaired) electrons. The van der Waals surface area contributed by atoms with E-state index in [-0.39, 0.29) is 34.2 Å². The lowest BCUT2D eigenvalue weighted by molar-refractivity contribution is -0.188. The maximum Gasteiger partial charge on any atom is 0.331 e. The van der Waals surface area contributed by atoms with Crippen molar-refractivity contribution in [1.29, 1.82) is 0 Å². The average molecular weight is 373 g/mol. The largest absolute Gasteiger partial charge is 0.458 e. The molecule has 4 saturated carbocycles. The van der Waals surface area contributed by atoms with Gasteiger partial charge in [-0.1, -0.05) is 13.8 Å². The van der Waals surface area contributed by atoms with Gasteiger partial charge in [-0.25, -0.2) is 4.79 Å². The zero-order valence-corrected chi connectivity index (χ0v) is 16.6. The Kier molecular flexibility index (Phi) is 3.77. The molecule has 148 valence electrons. The number of aliphatic hydroxyl groups is 1. The molecule has 1 spiro atoms. The van der Waals surface area contributed by atoms with Crippen molar-refractivity contribution in [3.63, 3.8) is 0 Å². The fourth-order valence-corrected chi connectivity index (χ4v) is 8.20. The van der Waals surface area contributed by atoms with Crippen LogP contribution in [0.3, 0.4) is 0 Å². The van der Waals surface area contributed by atoms with E-state index < -0.39 is 0 Å². The lowest BCUT2D eigenvalue weighted by Gasteiger charge is -2.66. The number of fused-ring (bicyclic) bond motifs is 3. The molecule has 0 saturated heterocycles. The molecule has 1 aliphatic heterocycles. The van der Waals surface area contributed by atoms with Crippen molar-refractivity contribution in [2.24, 2.45) is 34.0 Å². The van der Waals surface area contributed by atoms with Gasteiger partial charge < -0.3 is 9.84 Å². The number of hydrogen-bond donors (Lipinski definition) is 1. The minimum atomic E-state index is -0.341. The molecule has 4 aliphatic carbocycles. The van der Waals surface area contributed by atoms with Crippen LogP contribution in [-0.2, 0) is 14.3 Å². The number of cyclic esters (lactones) is 1. The minimum absolute atomic E-state index is 0.149. The molecule has 4 nitrogen and oxygen atoms in total. The Balaban J connectivity index is 1.50. The Morgan fingerprint density at radius 2 is 1.81 bits per heavy atom. The summed E-state index contributed by atoms with van der Waals surface area (Å²) in [5.74, 6) is 1.43. The summed E-state index contributed by atoms with van der Waals surface area (Å²) >= 11 is 0. The molecule has 0 amide bonds. The van der Waals surface area contributed by atoms with E-state index in [2.05, 4.69) is 13.8 Å². The van der Waals surface area contributed by atoms with Crippen LogP contribution in [0.25, 0.3) is 0 Å². The van der Waals surface area contributed by atoms with Crippen molar-refractivity contribution in [3.8, 4) is 0 Å². The van der Waals surface area contributed by atoms with Crippen molar-refractivity contribution in [1.82, 2.24) is 0 Å². The Morgan fingerprint density at radius 3 is 2.56 bits per heavy atom. The van der Waals surface area contributed by atoms with E-state index in [1.54, 1.807) is 6.08 Å². The molecule has 7 atom stereocenters.